The quantitative estimate of drug-likeness (QED) is 0.641. The highest BCUT2D eigenvalue weighted by atomic mass is 16.2. The maximum Gasteiger partial charge on any atom is 0.337 e. The van der Waals surface area contributed by atoms with Crippen LogP contribution in [0.15, 0.2) is 52.8 Å². The van der Waals surface area contributed by atoms with E-state index in [9.17, 15) is 9.59 Å². The van der Waals surface area contributed by atoms with Gasteiger partial charge in [0.25, 0.3) is 5.56 Å². The molecule has 0 saturated carbocycles. The van der Waals surface area contributed by atoms with Crippen LogP contribution < -0.4 is 11.2 Å². The Morgan fingerprint density at radius 1 is 1.19 bits per heavy atom. The van der Waals surface area contributed by atoms with Gasteiger partial charge >= 0.3 is 5.69 Å². The Labute approximate surface area is 152 Å². The van der Waals surface area contributed by atoms with E-state index in [1.54, 1.807) is 17.0 Å². The average molecular weight is 352 g/mol. The third kappa shape index (κ3) is 3.14. The first-order valence-electron chi connectivity index (χ1n) is 8.82. The number of aromatic nitrogens is 4. The van der Waals surface area contributed by atoms with Crippen LogP contribution in [0, 0.1) is 12.8 Å². The van der Waals surface area contributed by atoms with E-state index in [4.69, 9.17) is 0 Å². The number of hydrogen-bond donors (Lipinski definition) is 0. The molecule has 3 rings (SSSR count). The predicted molar refractivity (Wildman–Crippen MR) is 104 cm³/mol. The fourth-order valence-electron chi connectivity index (χ4n) is 2.97. The van der Waals surface area contributed by atoms with Crippen molar-refractivity contribution in [3.8, 4) is 5.69 Å². The predicted octanol–water partition coefficient (Wildman–Crippen LogP) is 2.89. The standard InChI is InChI=1S/C20H24N4O2/c1-5-11-22-13-21-18-17(22)19(25)23(12-10-14(2)3)20(26)24(18)16-8-6-15(4)7-9-16/h5-9,13-14H,1,10-12H2,2-4H3. The summed E-state index contributed by atoms with van der Waals surface area (Å²) in [7, 11) is 0. The molecule has 0 amide bonds. The van der Waals surface area contributed by atoms with Crippen LogP contribution in [-0.2, 0) is 13.1 Å². The fourth-order valence-corrected chi connectivity index (χ4v) is 2.97. The van der Waals surface area contributed by atoms with Crippen molar-refractivity contribution in [3.63, 3.8) is 0 Å². The van der Waals surface area contributed by atoms with Gasteiger partial charge in [-0.1, -0.05) is 37.6 Å². The van der Waals surface area contributed by atoms with Crippen LogP contribution in [0.2, 0.25) is 0 Å². The zero-order valence-corrected chi connectivity index (χ0v) is 15.5. The first kappa shape index (κ1) is 17.9. The number of rotatable bonds is 6. The molecule has 0 N–H and O–H groups in total. The van der Waals surface area contributed by atoms with Gasteiger partial charge in [0.2, 0.25) is 0 Å². The normalized spacial score (nSPS) is 11.4. The Kier molecular flexibility index (Phi) is 4.93. The van der Waals surface area contributed by atoms with Gasteiger partial charge in [0, 0.05) is 13.1 Å². The maximum absolute atomic E-state index is 13.1. The van der Waals surface area contributed by atoms with Crippen LogP contribution in [0.3, 0.4) is 0 Å². The molecule has 3 aromatic rings. The topological polar surface area (TPSA) is 61.8 Å². The number of imidazole rings is 1. The second-order valence-electron chi connectivity index (χ2n) is 6.95. The minimum absolute atomic E-state index is 0.298. The Hall–Kier alpha value is -2.89. The van der Waals surface area contributed by atoms with Crippen LogP contribution >= 0.6 is 0 Å². The van der Waals surface area contributed by atoms with E-state index in [0.29, 0.717) is 35.9 Å². The maximum atomic E-state index is 13.1. The van der Waals surface area contributed by atoms with Crippen LogP contribution in [0.25, 0.3) is 16.9 Å². The largest absolute Gasteiger partial charge is 0.337 e. The van der Waals surface area contributed by atoms with Crippen molar-refractivity contribution in [1.82, 2.24) is 18.7 Å². The van der Waals surface area contributed by atoms with E-state index in [1.165, 1.54) is 9.13 Å². The van der Waals surface area contributed by atoms with Crippen LogP contribution in [-0.4, -0.2) is 18.7 Å². The Morgan fingerprint density at radius 2 is 1.88 bits per heavy atom. The SMILES string of the molecule is C=CCn1cnc2c1c(=O)n(CCC(C)C)c(=O)n2-c1ccc(C)cc1. The molecule has 26 heavy (non-hydrogen) atoms. The molecule has 0 unspecified atom stereocenters. The molecule has 0 spiro atoms. The van der Waals surface area contributed by atoms with Crippen molar-refractivity contribution in [2.24, 2.45) is 5.92 Å². The third-order valence-corrected chi connectivity index (χ3v) is 4.45. The van der Waals surface area contributed by atoms with Gasteiger partial charge in [-0.3, -0.25) is 9.36 Å². The van der Waals surface area contributed by atoms with Gasteiger partial charge in [-0.2, -0.15) is 0 Å². The summed E-state index contributed by atoms with van der Waals surface area (Å²) in [6.45, 7) is 10.7. The van der Waals surface area contributed by atoms with Crippen molar-refractivity contribution < 1.29 is 0 Å². The number of nitrogens with zero attached hydrogens (tertiary/aromatic N) is 4. The van der Waals surface area contributed by atoms with Crippen LogP contribution in [0.1, 0.15) is 25.8 Å². The third-order valence-electron chi connectivity index (χ3n) is 4.45. The molecule has 136 valence electrons. The average Bonchev–Trinajstić information content (AvgIpc) is 3.00. The van der Waals surface area contributed by atoms with E-state index < -0.39 is 0 Å². The second-order valence-corrected chi connectivity index (χ2v) is 6.95. The first-order valence-corrected chi connectivity index (χ1v) is 8.82. The summed E-state index contributed by atoms with van der Waals surface area (Å²) < 4.78 is 4.58. The molecule has 0 bridgehead atoms. The minimum atomic E-state index is -0.351. The molecule has 0 aliphatic rings. The lowest BCUT2D eigenvalue weighted by Crippen LogP contribution is -2.40. The highest BCUT2D eigenvalue weighted by molar-refractivity contribution is 5.72. The molecule has 0 atom stereocenters. The zero-order chi connectivity index (χ0) is 18.8. The number of aryl methyl sites for hydroxylation is 1. The molecule has 0 radical (unpaired) electrons. The molecule has 2 aromatic heterocycles. The molecular formula is C20H24N4O2. The number of fused-ring (bicyclic) bond motifs is 1. The summed E-state index contributed by atoms with van der Waals surface area (Å²) in [6.07, 6.45) is 4.05. The number of benzene rings is 1. The Morgan fingerprint density at radius 3 is 2.50 bits per heavy atom. The molecular weight excluding hydrogens is 328 g/mol. The summed E-state index contributed by atoms with van der Waals surface area (Å²) in [5.74, 6) is 0.392. The van der Waals surface area contributed by atoms with E-state index in [0.717, 1.165) is 12.0 Å². The van der Waals surface area contributed by atoms with Crippen molar-refractivity contribution in [2.45, 2.75) is 40.3 Å². The second kappa shape index (κ2) is 7.15. The summed E-state index contributed by atoms with van der Waals surface area (Å²) >= 11 is 0. The molecule has 1 aromatic carbocycles. The van der Waals surface area contributed by atoms with Gasteiger partial charge in [0.05, 0.1) is 12.0 Å². The number of allylic oxidation sites excluding steroid dienone is 1. The van der Waals surface area contributed by atoms with E-state index in [1.807, 2.05) is 31.2 Å². The van der Waals surface area contributed by atoms with E-state index in [-0.39, 0.29) is 11.2 Å². The molecule has 6 nitrogen and oxygen atoms in total. The molecule has 0 aliphatic carbocycles. The van der Waals surface area contributed by atoms with Gasteiger partial charge < -0.3 is 4.57 Å². The summed E-state index contributed by atoms with van der Waals surface area (Å²) in [4.78, 5) is 30.5. The van der Waals surface area contributed by atoms with Gasteiger partial charge in [0.1, 0.15) is 0 Å². The summed E-state index contributed by atoms with van der Waals surface area (Å²) in [6, 6.07) is 7.63. The fraction of sp³-hybridized carbons (Fsp3) is 0.350. The van der Waals surface area contributed by atoms with Gasteiger partial charge in [0.15, 0.2) is 11.2 Å². The van der Waals surface area contributed by atoms with Crippen LogP contribution in [0.4, 0.5) is 0 Å². The van der Waals surface area contributed by atoms with Gasteiger partial charge in [-0.25, -0.2) is 14.3 Å². The van der Waals surface area contributed by atoms with E-state index in [2.05, 4.69) is 25.4 Å². The van der Waals surface area contributed by atoms with Crippen LogP contribution in [0.5, 0.6) is 0 Å². The molecule has 0 fully saturated rings. The molecule has 2 heterocycles. The Balaban J connectivity index is 2.34. The van der Waals surface area contributed by atoms with Crippen molar-refractivity contribution >= 4 is 11.2 Å². The first-order chi connectivity index (χ1) is 12.4. The zero-order valence-electron chi connectivity index (χ0n) is 15.5. The monoisotopic (exact) mass is 352 g/mol. The molecule has 6 heteroatoms. The van der Waals surface area contributed by atoms with Gasteiger partial charge in [-0.15, -0.1) is 6.58 Å². The lowest BCUT2D eigenvalue weighted by atomic mass is 10.1. The summed E-state index contributed by atoms with van der Waals surface area (Å²) in [5, 5.41) is 0. The molecule has 0 aliphatic heterocycles. The lowest BCUT2D eigenvalue weighted by Gasteiger charge is -2.13. The molecule has 0 saturated heterocycles. The smallest absolute Gasteiger partial charge is 0.321 e. The Bertz CT molecular complexity index is 1050. The van der Waals surface area contributed by atoms with Gasteiger partial charge in [-0.05, 0) is 31.4 Å². The minimum Gasteiger partial charge on any atom is -0.321 e. The summed E-state index contributed by atoms with van der Waals surface area (Å²) in [5.41, 5.74) is 1.96. The number of hydrogen-bond acceptors (Lipinski definition) is 3. The van der Waals surface area contributed by atoms with Crippen molar-refractivity contribution in [1.29, 1.82) is 0 Å². The lowest BCUT2D eigenvalue weighted by molar-refractivity contribution is 0.491. The van der Waals surface area contributed by atoms with E-state index >= 15 is 0 Å². The van der Waals surface area contributed by atoms with Crippen molar-refractivity contribution in [2.75, 3.05) is 0 Å². The highest BCUT2D eigenvalue weighted by Gasteiger charge is 2.18. The van der Waals surface area contributed by atoms with Crippen molar-refractivity contribution in [3.05, 3.63) is 69.6 Å². The highest BCUT2D eigenvalue weighted by Crippen LogP contribution is 2.14.